The molecule has 2 aromatic rings. The molecule has 2 N–H and O–H groups in total. The van der Waals surface area contributed by atoms with E-state index >= 15 is 0 Å². The third kappa shape index (κ3) is 6.21. The third-order valence-corrected chi connectivity index (χ3v) is 5.29. The number of carbonyl (C=O) groups is 2. The summed E-state index contributed by atoms with van der Waals surface area (Å²) in [6.07, 6.45) is 0. The van der Waals surface area contributed by atoms with Gasteiger partial charge in [-0.05, 0) is 43.7 Å². The molecule has 6 nitrogen and oxygen atoms in total. The lowest BCUT2D eigenvalue weighted by molar-refractivity contribution is -0.117. The molecule has 2 aromatic carbocycles. The topological polar surface area (TPSA) is 64.7 Å². The summed E-state index contributed by atoms with van der Waals surface area (Å²) in [6.45, 7) is 6.78. The van der Waals surface area contributed by atoms with Crippen LogP contribution in [0.5, 0.6) is 0 Å². The van der Waals surface area contributed by atoms with Gasteiger partial charge in [-0.1, -0.05) is 41.4 Å². The summed E-state index contributed by atoms with van der Waals surface area (Å²) in [4.78, 5) is 28.7. The molecule has 1 saturated heterocycles. The fraction of sp³-hybridized carbons (Fsp3) is 0.364. The number of carbonyl (C=O) groups excluding carboxylic acids is 2. The van der Waals surface area contributed by atoms with Crippen LogP contribution >= 0.6 is 11.6 Å². The number of anilines is 1. The van der Waals surface area contributed by atoms with Crippen LogP contribution in [0.2, 0.25) is 5.02 Å². The van der Waals surface area contributed by atoms with Crippen LogP contribution in [0.4, 0.5) is 10.5 Å². The maximum atomic E-state index is 12.5. The van der Waals surface area contributed by atoms with Gasteiger partial charge in [-0.2, -0.15) is 0 Å². The van der Waals surface area contributed by atoms with Gasteiger partial charge in [0.05, 0.1) is 12.6 Å². The maximum Gasteiger partial charge on any atom is 0.317 e. The molecular formula is C22H27ClN4O2. The Morgan fingerprint density at radius 1 is 1.07 bits per heavy atom. The van der Waals surface area contributed by atoms with Crippen LogP contribution < -0.4 is 10.6 Å². The summed E-state index contributed by atoms with van der Waals surface area (Å²) in [6, 6.07) is 15.0. The molecule has 154 valence electrons. The zero-order valence-electron chi connectivity index (χ0n) is 16.8. The zero-order chi connectivity index (χ0) is 20.8. The molecule has 1 heterocycles. The highest BCUT2D eigenvalue weighted by Gasteiger charge is 2.23. The number of benzene rings is 2. The van der Waals surface area contributed by atoms with Gasteiger partial charge in [0, 0.05) is 36.9 Å². The average Bonchev–Trinajstić information content (AvgIpc) is 2.70. The Labute approximate surface area is 176 Å². The van der Waals surface area contributed by atoms with Crippen molar-refractivity contribution in [2.75, 3.05) is 38.0 Å². The fourth-order valence-electron chi connectivity index (χ4n) is 3.29. The molecular weight excluding hydrogens is 388 g/mol. The van der Waals surface area contributed by atoms with Gasteiger partial charge in [-0.15, -0.1) is 0 Å². The first-order chi connectivity index (χ1) is 13.9. The van der Waals surface area contributed by atoms with E-state index in [1.54, 1.807) is 4.90 Å². The van der Waals surface area contributed by atoms with Gasteiger partial charge in [-0.25, -0.2) is 4.79 Å². The summed E-state index contributed by atoms with van der Waals surface area (Å²) in [5.74, 6) is -0.0404. The van der Waals surface area contributed by atoms with Crippen molar-refractivity contribution in [3.63, 3.8) is 0 Å². The highest BCUT2D eigenvalue weighted by atomic mass is 35.5. The highest BCUT2D eigenvalue weighted by molar-refractivity contribution is 6.30. The van der Waals surface area contributed by atoms with Crippen LogP contribution in [-0.4, -0.2) is 54.5 Å². The predicted octanol–water partition coefficient (Wildman–Crippen LogP) is 3.68. The van der Waals surface area contributed by atoms with E-state index < -0.39 is 0 Å². The zero-order valence-corrected chi connectivity index (χ0v) is 17.6. The molecule has 0 saturated carbocycles. The van der Waals surface area contributed by atoms with Crippen molar-refractivity contribution in [2.24, 2.45) is 0 Å². The van der Waals surface area contributed by atoms with Gasteiger partial charge in [-0.3, -0.25) is 9.69 Å². The van der Waals surface area contributed by atoms with E-state index in [9.17, 15) is 9.59 Å². The minimum atomic E-state index is -0.125. The first-order valence-corrected chi connectivity index (χ1v) is 10.2. The second kappa shape index (κ2) is 9.76. The van der Waals surface area contributed by atoms with Crippen LogP contribution in [0.15, 0.2) is 48.5 Å². The number of hydrogen-bond acceptors (Lipinski definition) is 3. The molecule has 1 aliphatic heterocycles. The molecule has 1 fully saturated rings. The van der Waals surface area contributed by atoms with Crippen LogP contribution in [0.1, 0.15) is 24.1 Å². The van der Waals surface area contributed by atoms with Crippen molar-refractivity contribution in [3.05, 3.63) is 64.7 Å². The highest BCUT2D eigenvalue weighted by Crippen LogP contribution is 2.18. The Kier molecular flexibility index (Phi) is 7.12. The lowest BCUT2D eigenvalue weighted by Crippen LogP contribution is -2.53. The molecule has 0 aliphatic carbocycles. The number of amides is 3. The summed E-state index contributed by atoms with van der Waals surface area (Å²) in [7, 11) is 0. The summed E-state index contributed by atoms with van der Waals surface area (Å²) >= 11 is 6.03. The van der Waals surface area contributed by atoms with E-state index in [1.165, 1.54) is 0 Å². The van der Waals surface area contributed by atoms with E-state index in [4.69, 9.17) is 11.6 Å². The summed E-state index contributed by atoms with van der Waals surface area (Å²) in [5.41, 5.74) is 2.92. The van der Waals surface area contributed by atoms with Crippen LogP contribution in [0.3, 0.4) is 0 Å². The van der Waals surface area contributed by atoms with Crippen molar-refractivity contribution in [1.29, 1.82) is 0 Å². The Morgan fingerprint density at radius 3 is 2.41 bits per heavy atom. The van der Waals surface area contributed by atoms with Gasteiger partial charge in [0.1, 0.15) is 0 Å². The molecule has 1 atom stereocenters. The Morgan fingerprint density at radius 2 is 1.76 bits per heavy atom. The number of urea groups is 1. The van der Waals surface area contributed by atoms with E-state index in [1.807, 2.05) is 62.4 Å². The summed E-state index contributed by atoms with van der Waals surface area (Å²) in [5, 5.41) is 6.59. The minimum Gasteiger partial charge on any atom is -0.331 e. The van der Waals surface area contributed by atoms with E-state index in [0.29, 0.717) is 37.7 Å². The molecule has 3 rings (SSSR count). The van der Waals surface area contributed by atoms with Gasteiger partial charge in [0.2, 0.25) is 5.91 Å². The molecule has 0 bridgehead atoms. The second-order valence-electron chi connectivity index (χ2n) is 7.40. The molecule has 1 unspecified atom stereocenters. The van der Waals surface area contributed by atoms with E-state index in [0.717, 1.165) is 16.8 Å². The molecule has 0 spiro atoms. The summed E-state index contributed by atoms with van der Waals surface area (Å²) < 4.78 is 0. The van der Waals surface area contributed by atoms with Crippen LogP contribution in [0, 0.1) is 6.92 Å². The van der Waals surface area contributed by atoms with Crippen LogP contribution in [-0.2, 0) is 4.79 Å². The SMILES string of the molecule is Cc1ccc(NC(=O)CN2CCN(C(=O)NC(C)c3cccc(Cl)c3)CC2)cc1. The van der Waals surface area contributed by atoms with Gasteiger partial charge < -0.3 is 15.5 Å². The monoisotopic (exact) mass is 414 g/mol. The second-order valence-corrected chi connectivity index (χ2v) is 7.84. The van der Waals surface area contributed by atoms with Gasteiger partial charge in [0.25, 0.3) is 0 Å². The largest absolute Gasteiger partial charge is 0.331 e. The smallest absolute Gasteiger partial charge is 0.317 e. The van der Waals surface area contributed by atoms with Crippen molar-refractivity contribution < 1.29 is 9.59 Å². The number of halogens is 1. The quantitative estimate of drug-likeness (QED) is 0.784. The number of aryl methyl sites for hydroxylation is 1. The van der Waals surface area contributed by atoms with Gasteiger partial charge in [0.15, 0.2) is 0 Å². The standard InChI is InChI=1S/C22H27ClN4O2/c1-16-6-8-20(9-7-16)25-21(28)15-26-10-12-27(13-11-26)22(29)24-17(2)18-4-3-5-19(23)14-18/h3-9,14,17H,10-13,15H2,1-2H3,(H,24,29)(H,25,28). The number of hydrogen-bond donors (Lipinski definition) is 2. The van der Waals surface area contributed by atoms with Crippen molar-refractivity contribution in [1.82, 2.24) is 15.1 Å². The van der Waals surface area contributed by atoms with E-state index in [-0.39, 0.29) is 18.0 Å². The molecule has 29 heavy (non-hydrogen) atoms. The van der Waals surface area contributed by atoms with Crippen molar-refractivity contribution in [2.45, 2.75) is 19.9 Å². The Bertz CT molecular complexity index is 848. The van der Waals surface area contributed by atoms with Crippen molar-refractivity contribution >= 4 is 29.2 Å². The third-order valence-electron chi connectivity index (χ3n) is 5.05. The predicted molar refractivity (Wildman–Crippen MR) is 116 cm³/mol. The first-order valence-electron chi connectivity index (χ1n) is 9.80. The number of rotatable bonds is 5. The molecule has 0 radical (unpaired) electrons. The fourth-order valence-corrected chi connectivity index (χ4v) is 3.48. The minimum absolute atomic E-state index is 0.0404. The maximum absolute atomic E-state index is 12.5. The molecule has 0 aromatic heterocycles. The lowest BCUT2D eigenvalue weighted by Gasteiger charge is -2.35. The molecule has 7 heteroatoms. The number of nitrogens with zero attached hydrogens (tertiary/aromatic N) is 2. The molecule has 1 aliphatic rings. The number of piperazine rings is 1. The Hall–Kier alpha value is -2.57. The van der Waals surface area contributed by atoms with Crippen LogP contribution in [0.25, 0.3) is 0 Å². The molecule has 3 amide bonds. The Balaban J connectivity index is 1.43. The van der Waals surface area contributed by atoms with Crippen molar-refractivity contribution in [3.8, 4) is 0 Å². The van der Waals surface area contributed by atoms with Gasteiger partial charge >= 0.3 is 6.03 Å². The number of nitrogens with one attached hydrogen (secondary N) is 2. The van der Waals surface area contributed by atoms with E-state index in [2.05, 4.69) is 15.5 Å². The normalized spacial score (nSPS) is 15.6. The first kappa shape index (κ1) is 21.1. The lowest BCUT2D eigenvalue weighted by atomic mass is 10.1. The average molecular weight is 415 g/mol.